The van der Waals surface area contributed by atoms with Gasteiger partial charge >= 0.3 is 0 Å². The summed E-state index contributed by atoms with van der Waals surface area (Å²) < 4.78 is 0. The fraction of sp³-hybridized carbons (Fsp3) is 0.368. The maximum Gasteiger partial charge on any atom is 0.128 e. The van der Waals surface area contributed by atoms with Gasteiger partial charge in [-0.15, -0.1) is 0 Å². The molecule has 0 saturated carbocycles. The normalized spacial score (nSPS) is 15.2. The number of benzene rings is 1. The van der Waals surface area contributed by atoms with Crippen molar-refractivity contribution in [3.05, 3.63) is 53.7 Å². The van der Waals surface area contributed by atoms with E-state index in [1.165, 1.54) is 5.56 Å². The van der Waals surface area contributed by atoms with Crippen LogP contribution in [0.25, 0.3) is 0 Å². The molecule has 1 saturated heterocycles. The van der Waals surface area contributed by atoms with Crippen molar-refractivity contribution in [3.63, 3.8) is 0 Å². The van der Waals surface area contributed by atoms with E-state index < -0.39 is 0 Å². The Labute approximate surface area is 142 Å². The summed E-state index contributed by atoms with van der Waals surface area (Å²) in [6.45, 7) is 2.91. The first-order valence-electron chi connectivity index (χ1n) is 8.37. The van der Waals surface area contributed by atoms with Gasteiger partial charge in [0.2, 0.25) is 0 Å². The lowest BCUT2D eigenvalue weighted by Gasteiger charge is -2.33. The SMILES string of the molecule is N#Cc1ccc(N2CCC(NCCc3ccc(O)cc3)CC2)nc1. The fourth-order valence-corrected chi connectivity index (χ4v) is 3.04. The molecule has 0 aliphatic carbocycles. The van der Waals surface area contributed by atoms with E-state index >= 15 is 0 Å². The van der Waals surface area contributed by atoms with Crippen molar-refractivity contribution < 1.29 is 5.11 Å². The first-order valence-corrected chi connectivity index (χ1v) is 8.37. The number of rotatable bonds is 5. The van der Waals surface area contributed by atoms with E-state index in [-0.39, 0.29) is 0 Å². The Hall–Kier alpha value is -2.58. The average Bonchev–Trinajstić information content (AvgIpc) is 2.64. The van der Waals surface area contributed by atoms with Crippen LogP contribution >= 0.6 is 0 Å². The summed E-state index contributed by atoms with van der Waals surface area (Å²) in [4.78, 5) is 6.65. The first kappa shape index (κ1) is 16.3. The molecule has 2 N–H and O–H groups in total. The Morgan fingerprint density at radius 1 is 1.17 bits per heavy atom. The minimum Gasteiger partial charge on any atom is -0.508 e. The maximum atomic E-state index is 9.29. The fourth-order valence-electron chi connectivity index (χ4n) is 3.04. The molecule has 3 rings (SSSR count). The van der Waals surface area contributed by atoms with E-state index in [9.17, 15) is 5.11 Å². The van der Waals surface area contributed by atoms with Gasteiger partial charge in [0.05, 0.1) is 5.56 Å². The molecular weight excluding hydrogens is 300 g/mol. The van der Waals surface area contributed by atoms with Crippen LogP contribution in [0, 0.1) is 11.3 Å². The molecule has 0 amide bonds. The number of hydrogen-bond acceptors (Lipinski definition) is 5. The van der Waals surface area contributed by atoms with E-state index in [1.54, 1.807) is 18.3 Å². The zero-order valence-electron chi connectivity index (χ0n) is 13.7. The topological polar surface area (TPSA) is 72.2 Å². The third-order valence-electron chi connectivity index (χ3n) is 4.48. The molecule has 0 atom stereocenters. The molecule has 1 aliphatic rings. The summed E-state index contributed by atoms with van der Waals surface area (Å²) in [6.07, 6.45) is 4.80. The maximum absolute atomic E-state index is 9.29. The van der Waals surface area contributed by atoms with Crippen LogP contribution in [0.15, 0.2) is 42.6 Å². The Morgan fingerprint density at radius 2 is 1.92 bits per heavy atom. The van der Waals surface area contributed by atoms with Crippen molar-refractivity contribution in [1.29, 1.82) is 5.26 Å². The van der Waals surface area contributed by atoms with E-state index in [4.69, 9.17) is 5.26 Å². The van der Waals surface area contributed by atoms with Gasteiger partial charge in [0.25, 0.3) is 0 Å². The van der Waals surface area contributed by atoms with Gasteiger partial charge in [-0.05, 0) is 55.6 Å². The second-order valence-corrected chi connectivity index (χ2v) is 6.15. The minimum absolute atomic E-state index is 0.315. The van der Waals surface area contributed by atoms with E-state index in [0.29, 0.717) is 17.4 Å². The third kappa shape index (κ3) is 4.24. The number of anilines is 1. The second kappa shape index (κ2) is 7.80. The summed E-state index contributed by atoms with van der Waals surface area (Å²) in [6, 6.07) is 13.8. The Kier molecular flexibility index (Phi) is 5.29. The molecule has 24 heavy (non-hydrogen) atoms. The lowest BCUT2D eigenvalue weighted by atomic mass is 10.0. The highest BCUT2D eigenvalue weighted by Crippen LogP contribution is 2.18. The number of hydrogen-bond donors (Lipinski definition) is 2. The van der Waals surface area contributed by atoms with E-state index in [2.05, 4.69) is 21.3 Å². The quantitative estimate of drug-likeness (QED) is 0.885. The number of aromatic hydroxyl groups is 1. The van der Waals surface area contributed by atoms with Gasteiger partial charge in [-0.2, -0.15) is 5.26 Å². The van der Waals surface area contributed by atoms with Gasteiger partial charge in [0, 0.05) is 25.3 Å². The van der Waals surface area contributed by atoms with Crippen LogP contribution in [0.4, 0.5) is 5.82 Å². The standard InChI is InChI=1S/C19H22N4O/c20-13-16-3-6-19(22-14-16)23-11-8-17(9-12-23)21-10-7-15-1-4-18(24)5-2-15/h1-6,14,17,21,24H,7-12H2. The van der Waals surface area contributed by atoms with E-state index in [0.717, 1.165) is 44.7 Å². The van der Waals surface area contributed by atoms with Gasteiger partial charge in [-0.3, -0.25) is 0 Å². The van der Waals surface area contributed by atoms with Crippen molar-refractivity contribution in [1.82, 2.24) is 10.3 Å². The molecule has 124 valence electrons. The second-order valence-electron chi connectivity index (χ2n) is 6.15. The lowest BCUT2D eigenvalue weighted by Crippen LogP contribution is -2.43. The number of phenols is 1. The Balaban J connectivity index is 1.41. The molecule has 5 nitrogen and oxygen atoms in total. The van der Waals surface area contributed by atoms with Crippen molar-refractivity contribution in [2.45, 2.75) is 25.3 Å². The molecule has 1 aromatic carbocycles. The summed E-state index contributed by atoms with van der Waals surface area (Å²) in [5.74, 6) is 1.27. The highest BCUT2D eigenvalue weighted by Gasteiger charge is 2.19. The van der Waals surface area contributed by atoms with Crippen molar-refractivity contribution in [3.8, 4) is 11.8 Å². The highest BCUT2D eigenvalue weighted by atomic mass is 16.3. The van der Waals surface area contributed by atoms with E-state index in [1.807, 2.05) is 24.3 Å². The van der Waals surface area contributed by atoms with Crippen LogP contribution in [-0.2, 0) is 6.42 Å². The highest BCUT2D eigenvalue weighted by molar-refractivity contribution is 5.42. The Bertz CT molecular complexity index is 683. The summed E-state index contributed by atoms with van der Waals surface area (Å²) in [7, 11) is 0. The summed E-state index contributed by atoms with van der Waals surface area (Å²) in [5, 5.41) is 21.7. The number of nitrogens with zero attached hydrogens (tertiary/aromatic N) is 3. The predicted molar refractivity (Wildman–Crippen MR) is 94.0 cm³/mol. The molecule has 0 unspecified atom stereocenters. The van der Waals surface area contributed by atoms with Crippen LogP contribution in [0.5, 0.6) is 5.75 Å². The van der Waals surface area contributed by atoms with Crippen LogP contribution in [0.3, 0.4) is 0 Å². The molecule has 2 heterocycles. The van der Waals surface area contributed by atoms with Crippen LogP contribution in [-0.4, -0.2) is 35.8 Å². The predicted octanol–water partition coefficient (Wildman–Crippen LogP) is 2.46. The van der Waals surface area contributed by atoms with Gasteiger partial charge in [0.15, 0.2) is 0 Å². The molecule has 0 radical (unpaired) electrons. The Morgan fingerprint density at radius 3 is 2.54 bits per heavy atom. The van der Waals surface area contributed by atoms with Crippen LogP contribution in [0.1, 0.15) is 24.0 Å². The lowest BCUT2D eigenvalue weighted by molar-refractivity contribution is 0.416. The first-order chi connectivity index (χ1) is 11.7. The molecule has 1 aliphatic heterocycles. The number of nitriles is 1. The van der Waals surface area contributed by atoms with Gasteiger partial charge in [0.1, 0.15) is 17.6 Å². The van der Waals surface area contributed by atoms with Crippen LogP contribution < -0.4 is 10.2 Å². The largest absolute Gasteiger partial charge is 0.508 e. The third-order valence-corrected chi connectivity index (χ3v) is 4.48. The number of pyridine rings is 1. The smallest absolute Gasteiger partial charge is 0.128 e. The molecule has 5 heteroatoms. The number of phenolic OH excluding ortho intramolecular Hbond substituents is 1. The van der Waals surface area contributed by atoms with Crippen molar-refractivity contribution in [2.75, 3.05) is 24.5 Å². The monoisotopic (exact) mass is 322 g/mol. The number of aromatic nitrogens is 1. The van der Waals surface area contributed by atoms with Gasteiger partial charge in [-0.1, -0.05) is 12.1 Å². The van der Waals surface area contributed by atoms with Crippen LogP contribution in [0.2, 0.25) is 0 Å². The molecular formula is C19H22N4O. The molecule has 2 aromatic rings. The zero-order valence-corrected chi connectivity index (χ0v) is 13.7. The summed E-state index contributed by atoms with van der Waals surface area (Å²) in [5.41, 5.74) is 1.84. The molecule has 0 spiro atoms. The van der Waals surface area contributed by atoms with Gasteiger partial charge < -0.3 is 15.3 Å². The van der Waals surface area contributed by atoms with Gasteiger partial charge in [-0.25, -0.2) is 4.98 Å². The zero-order chi connectivity index (χ0) is 16.8. The number of piperidine rings is 1. The minimum atomic E-state index is 0.315. The van der Waals surface area contributed by atoms with Crippen molar-refractivity contribution >= 4 is 5.82 Å². The molecule has 1 fully saturated rings. The summed E-state index contributed by atoms with van der Waals surface area (Å²) >= 11 is 0. The number of nitrogens with one attached hydrogen (secondary N) is 1. The average molecular weight is 322 g/mol. The molecule has 0 bridgehead atoms. The molecule has 1 aromatic heterocycles. The van der Waals surface area contributed by atoms with Crippen molar-refractivity contribution in [2.24, 2.45) is 0 Å².